The summed E-state index contributed by atoms with van der Waals surface area (Å²) >= 11 is 0. The van der Waals surface area contributed by atoms with Crippen molar-refractivity contribution in [3.8, 4) is 34.1 Å². The molecule has 1 N–H and O–H groups in total. The van der Waals surface area contributed by atoms with Gasteiger partial charge in [-0.1, -0.05) is 0 Å². The van der Waals surface area contributed by atoms with Crippen molar-refractivity contribution < 1.29 is 28.5 Å². The lowest BCUT2D eigenvalue weighted by Gasteiger charge is -2.20. The van der Waals surface area contributed by atoms with Crippen molar-refractivity contribution in [3.63, 3.8) is 0 Å². The molecule has 1 aliphatic heterocycles. The molecule has 1 heterocycles. The highest BCUT2D eigenvalue weighted by atomic mass is 16.5. The predicted octanol–water partition coefficient (Wildman–Crippen LogP) is 3.34. The molecule has 182 valence electrons. The van der Waals surface area contributed by atoms with Crippen molar-refractivity contribution in [2.45, 2.75) is 45.3 Å². The summed E-state index contributed by atoms with van der Waals surface area (Å²) in [4.78, 5) is 25.4. The van der Waals surface area contributed by atoms with E-state index in [-0.39, 0.29) is 29.2 Å². The Balaban J connectivity index is 2.03. The summed E-state index contributed by atoms with van der Waals surface area (Å²) in [6.45, 7) is 4.31. The van der Waals surface area contributed by atoms with Crippen LogP contribution in [0.4, 0.5) is 0 Å². The molecule has 1 fully saturated rings. The zero-order valence-electron chi connectivity index (χ0n) is 20.3. The predicted molar refractivity (Wildman–Crippen MR) is 127 cm³/mol. The lowest BCUT2D eigenvalue weighted by molar-refractivity contribution is -0.119. The number of hydrogen-bond donors (Lipinski definition) is 1. The minimum atomic E-state index is -0.324. The number of rotatable bonds is 6. The highest BCUT2D eigenvalue weighted by molar-refractivity contribution is 5.84. The minimum Gasteiger partial charge on any atom is -0.493 e. The maximum Gasteiger partial charge on any atom is 0.223 e. The zero-order valence-corrected chi connectivity index (χ0v) is 20.3. The van der Waals surface area contributed by atoms with E-state index in [0.717, 1.165) is 28.7 Å². The van der Waals surface area contributed by atoms with E-state index < -0.39 is 0 Å². The average Bonchev–Trinajstić information content (AvgIpc) is 3.25. The summed E-state index contributed by atoms with van der Waals surface area (Å²) < 4.78 is 28.6. The Morgan fingerprint density at radius 2 is 1.79 bits per heavy atom. The first-order chi connectivity index (χ1) is 16.4. The number of methoxy groups -OCH3 is 3. The highest BCUT2D eigenvalue weighted by Gasteiger charge is 2.30. The Hall–Kier alpha value is -3.26. The van der Waals surface area contributed by atoms with Crippen molar-refractivity contribution in [2.75, 3.05) is 34.5 Å². The maximum atomic E-state index is 13.3. The van der Waals surface area contributed by atoms with Crippen LogP contribution in [0.25, 0.3) is 11.1 Å². The monoisotopic (exact) mass is 469 g/mol. The molecule has 0 spiro atoms. The van der Waals surface area contributed by atoms with E-state index in [1.807, 2.05) is 12.1 Å². The Kier molecular flexibility index (Phi) is 6.97. The largest absolute Gasteiger partial charge is 0.493 e. The van der Waals surface area contributed by atoms with Gasteiger partial charge in [0.2, 0.25) is 17.1 Å². The van der Waals surface area contributed by atoms with Crippen LogP contribution in [0.1, 0.15) is 42.5 Å². The number of hydrogen-bond acceptors (Lipinski definition) is 7. The summed E-state index contributed by atoms with van der Waals surface area (Å²) in [6, 6.07) is 5.23. The van der Waals surface area contributed by atoms with Crippen molar-refractivity contribution in [3.05, 3.63) is 45.1 Å². The summed E-state index contributed by atoms with van der Waals surface area (Å²) in [5, 5.41) is 3.06. The molecule has 0 unspecified atom stereocenters. The topological polar surface area (TPSA) is 92.3 Å². The van der Waals surface area contributed by atoms with Gasteiger partial charge < -0.3 is 29.0 Å². The van der Waals surface area contributed by atoms with Gasteiger partial charge in [-0.15, -0.1) is 0 Å². The van der Waals surface area contributed by atoms with Gasteiger partial charge in [-0.25, -0.2) is 0 Å². The van der Waals surface area contributed by atoms with E-state index in [1.54, 1.807) is 34.3 Å². The SMILES string of the molecule is COc1cc2c(c(OC)c1OC)-c1cc(C)c(=O)c(O[C@H]3CCOC3)cc1[C@@H](NC(C)=O)CC2. The Morgan fingerprint density at radius 1 is 1.03 bits per heavy atom. The first kappa shape index (κ1) is 23.9. The molecule has 1 aliphatic carbocycles. The molecule has 2 atom stereocenters. The van der Waals surface area contributed by atoms with Gasteiger partial charge in [-0.3, -0.25) is 9.59 Å². The van der Waals surface area contributed by atoms with Crippen LogP contribution in [0, 0.1) is 6.92 Å². The molecular formula is C26H31NO7. The van der Waals surface area contributed by atoms with Gasteiger partial charge in [0, 0.05) is 24.5 Å². The van der Waals surface area contributed by atoms with Crippen LogP contribution in [0.5, 0.6) is 23.0 Å². The summed E-state index contributed by atoms with van der Waals surface area (Å²) in [5.41, 5.74) is 3.71. The van der Waals surface area contributed by atoms with Crippen LogP contribution in [0.2, 0.25) is 0 Å². The maximum absolute atomic E-state index is 13.3. The number of nitrogens with one attached hydrogen (secondary N) is 1. The third kappa shape index (κ3) is 4.42. The van der Waals surface area contributed by atoms with Crippen LogP contribution >= 0.6 is 0 Å². The molecule has 4 rings (SSSR count). The Bertz CT molecular complexity index is 1150. The van der Waals surface area contributed by atoms with Crippen molar-refractivity contribution in [1.29, 1.82) is 0 Å². The van der Waals surface area contributed by atoms with Crippen LogP contribution < -0.4 is 29.7 Å². The van der Waals surface area contributed by atoms with Crippen molar-refractivity contribution in [1.82, 2.24) is 5.32 Å². The molecule has 2 aliphatic rings. The molecule has 2 aromatic rings. The van der Waals surface area contributed by atoms with Crippen molar-refractivity contribution in [2.24, 2.45) is 0 Å². The van der Waals surface area contributed by atoms with Gasteiger partial charge in [0.05, 0.1) is 40.6 Å². The van der Waals surface area contributed by atoms with Gasteiger partial charge in [-0.05, 0) is 54.7 Å². The second-order valence-corrected chi connectivity index (χ2v) is 8.61. The third-order valence-corrected chi connectivity index (χ3v) is 6.36. The standard InChI is InChI=1S/C26H31NO7/c1-14-10-19-18(12-21(24(14)29)34-17-8-9-33-13-17)20(27-15(2)28)7-6-16-11-22(30-3)25(31-4)26(32-5)23(16)19/h10-12,17,20H,6-9,13H2,1-5H3,(H,27,28)/t17-,20-/m0/s1. The minimum absolute atomic E-state index is 0.152. The molecule has 0 saturated carbocycles. The quantitative estimate of drug-likeness (QED) is 0.694. The number of benzene rings is 1. The van der Waals surface area contributed by atoms with Gasteiger partial charge in [-0.2, -0.15) is 0 Å². The van der Waals surface area contributed by atoms with E-state index in [2.05, 4.69) is 5.32 Å². The normalized spacial score (nSPS) is 18.9. The first-order valence-corrected chi connectivity index (χ1v) is 11.4. The number of carbonyl (C=O) groups excluding carboxylic acids is 1. The number of fused-ring (bicyclic) bond motifs is 3. The molecule has 0 bridgehead atoms. The molecule has 34 heavy (non-hydrogen) atoms. The van der Waals surface area contributed by atoms with E-state index in [9.17, 15) is 9.59 Å². The van der Waals surface area contributed by atoms with E-state index >= 15 is 0 Å². The van der Waals surface area contributed by atoms with Gasteiger partial charge in [0.1, 0.15) is 6.10 Å². The molecular weight excluding hydrogens is 438 g/mol. The van der Waals surface area contributed by atoms with E-state index in [4.69, 9.17) is 23.7 Å². The number of amides is 1. The second-order valence-electron chi connectivity index (χ2n) is 8.61. The average molecular weight is 470 g/mol. The molecule has 2 aromatic carbocycles. The van der Waals surface area contributed by atoms with Gasteiger partial charge in [0.15, 0.2) is 17.2 Å². The zero-order chi connectivity index (χ0) is 24.4. The van der Waals surface area contributed by atoms with E-state index in [1.165, 1.54) is 6.92 Å². The molecule has 1 saturated heterocycles. The smallest absolute Gasteiger partial charge is 0.223 e. The summed E-state index contributed by atoms with van der Waals surface area (Å²) in [5.74, 6) is 1.66. The Labute approximate surface area is 199 Å². The number of aryl methyl sites for hydroxylation is 2. The molecule has 1 amide bonds. The first-order valence-electron chi connectivity index (χ1n) is 11.4. The molecule has 0 radical (unpaired) electrons. The summed E-state index contributed by atoms with van der Waals surface area (Å²) in [7, 11) is 4.72. The fraction of sp³-hybridized carbons (Fsp3) is 0.462. The van der Waals surface area contributed by atoms with Crippen LogP contribution in [0.15, 0.2) is 23.0 Å². The highest BCUT2D eigenvalue weighted by Crippen LogP contribution is 2.50. The number of carbonyl (C=O) groups is 1. The Morgan fingerprint density at radius 3 is 2.41 bits per heavy atom. The second kappa shape index (κ2) is 9.93. The molecule has 8 heteroatoms. The van der Waals surface area contributed by atoms with Gasteiger partial charge in [0.25, 0.3) is 0 Å². The fourth-order valence-corrected chi connectivity index (χ4v) is 4.77. The molecule has 0 aromatic heterocycles. The van der Waals surface area contributed by atoms with Crippen molar-refractivity contribution >= 4 is 5.91 Å². The third-order valence-electron chi connectivity index (χ3n) is 6.36. The molecule has 8 nitrogen and oxygen atoms in total. The lowest BCUT2D eigenvalue weighted by Crippen LogP contribution is -2.26. The summed E-state index contributed by atoms with van der Waals surface area (Å²) in [6.07, 6.45) is 1.83. The fourth-order valence-electron chi connectivity index (χ4n) is 4.77. The van der Waals surface area contributed by atoms with Crippen LogP contribution in [-0.2, 0) is 16.0 Å². The van der Waals surface area contributed by atoms with E-state index in [0.29, 0.717) is 48.9 Å². The van der Waals surface area contributed by atoms with Gasteiger partial charge >= 0.3 is 0 Å². The number of ether oxygens (including phenoxy) is 5. The van der Waals surface area contributed by atoms with Crippen LogP contribution in [-0.4, -0.2) is 46.6 Å². The van der Waals surface area contributed by atoms with Crippen LogP contribution in [0.3, 0.4) is 0 Å². The lowest BCUT2D eigenvalue weighted by atomic mass is 9.95.